The molecule has 0 heterocycles. The lowest BCUT2D eigenvalue weighted by molar-refractivity contribution is -0.138. The molecule has 0 N–H and O–H groups in total. The zero-order valence-electron chi connectivity index (χ0n) is 26.2. The van der Waals surface area contributed by atoms with Crippen molar-refractivity contribution < 1.29 is 47.6 Å². The lowest BCUT2D eigenvalue weighted by Gasteiger charge is -2.10. The molecule has 0 amide bonds. The van der Waals surface area contributed by atoms with E-state index in [1.807, 2.05) is 24.3 Å². The van der Waals surface area contributed by atoms with Crippen molar-refractivity contribution in [3.8, 4) is 17.2 Å². The van der Waals surface area contributed by atoms with Gasteiger partial charge in [0, 0.05) is 18.4 Å². The zero-order valence-corrected chi connectivity index (χ0v) is 26.2. The molecule has 0 aliphatic carbocycles. The van der Waals surface area contributed by atoms with Gasteiger partial charge in [0.05, 0.1) is 44.8 Å². The lowest BCUT2D eigenvalue weighted by atomic mass is 10.1. The summed E-state index contributed by atoms with van der Waals surface area (Å²) in [7, 11) is 1.23. The molecule has 11 heteroatoms. The van der Waals surface area contributed by atoms with Gasteiger partial charge in [-0.2, -0.15) is 0 Å². The van der Waals surface area contributed by atoms with Gasteiger partial charge in [-0.3, -0.25) is 4.99 Å². The molecule has 0 aliphatic heterocycles. The molecule has 11 nitrogen and oxygen atoms in total. The van der Waals surface area contributed by atoms with Gasteiger partial charge < -0.3 is 28.4 Å². The first-order chi connectivity index (χ1) is 22.8. The second-order valence-corrected chi connectivity index (χ2v) is 9.77. The Morgan fingerprint density at radius 2 is 1.21 bits per heavy atom. The summed E-state index contributed by atoms with van der Waals surface area (Å²) in [5.74, 6) is -0.979. The Morgan fingerprint density at radius 3 is 1.74 bits per heavy atom. The molecule has 3 aromatic carbocycles. The number of ether oxygens (including phenoxy) is 6. The van der Waals surface area contributed by atoms with Crippen molar-refractivity contribution in [2.45, 2.75) is 25.7 Å². The Balaban J connectivity index is 1.52. The van der Waals surface area contributed by atoms with Crippen LogP contribution in [0, 0.1) is 0 Å². The van der Waals surface area contributed by atoms with Crippen LogP contribution in [0.4, 0.5) is 5.69 Å². The molecule has 47 heavy (non-hydrogen) atoms. The molecule has 0 aromatic heterocycles. The number of aliphatic imine (C=N–C) groups is 1. The van der Waals surface area contributed by atoms with Gasteiger partial charge in [0.2, 0.25) is 0 Å². The van der Waals surface area contributed by atoms with Gasteiger partial charge in [-0.1, -0.05) is 13.2 Å². The number of benzene rings is 3. The first-order valence-corrected chi connectivity index (χ1v) is 14.9. The normalized spacial score (nSPS) is 10.5. The predicted octanol–water partition coefficient (Wildman–Crippen LogP) is 6.22. The highest BCUT2D eigenvalue weighted by Crippen LogP contribution is 2.27. The van der Waals surface area contributed by atoms with Gasteiger partial charge >= 0.3 is 23.9 Å². The summed E-state index contributed by atoms with van der Waals surface area (Å²) in [6.07, 6.45) is 6.59. The van der Waals surface area contributed by atoms with Gasteiger partial charge in [0.25, 0.3) is 0 Å². The van der Waals surface area contributed by atoms with Crippen LogP contribution >= 0.6 is 0 Å². The number of unbranched alkanes of at least 4 members (excludes halogenated alkanes) is 2. The molecule has 3 aromatic rings. The largest absolute Gasteiger partial charge is 0.494 e. The van der Waals surface area contributed by atoms with E-state index < -0.39 is 23.9 Å². The maximum Gasteiger partial charge on any atom is 0.343 e. The third kappa shape index (κ3) is 12.7. The van der Waals surface area contributed by atoms with E-state index in [2.05, 4.69) is 18.2 Å². The average Bonchev–Trinajstić information content (AvgIpc) is 3.10. The Kier molecular flexibility index (Phi) is 14.9. The second-order valence-electron chi connectivity index (χ2n) is 9.77. The summed E-state index contributed by atoms with van der Waals surface area (Å²) in [5, 5.41) is 0. The Morgan fingerprint density at radius 1 is 0.681 bits per heavy atom. The number of rotatable bonds is 19. The van der Waals surface area contributed by atoms with Crippen LogP contribution < -0.4 is 14.2 Å². The standard InChI is InChI=1S/C36H37NO10/c1-4-33(38)45-22-8-6-20-43-29-15-10-26(11-16-29)25-37-28-14-19-32(31(24-28)36(41)42-3)47-35(40)27-12-17-30(18-13-27)44-21-7-9-23-46-34(39)5-2/h4-5,10-19,24-25H,1-2,6-9,20-23H2,3H3/b37-25+. The molecule has 0 bridgehead atoms. The van der Waals surface area contributed by atoms with Gasteiger partial charge in [-0.05, 0) is 98.0 Å². The van der Waals surface area contributed by atoms with Gasteiger partial charge in [-0.25, -0.2) is 19.2 Å². The van der Waals surface area contributed by atoms with Crippen molar-refractivity contribution >= 4 is 35.8 Å². The number of hydrogen-bond donors (Lipinski definition) is 0. The number of esters is 4. The van der Waals surface area contributed by atoms with E-state index in [0.29, 0.717) is 56.3 Å². The monoisotopic (exact) mass is 643 g/mol. The molecular weight excluding hydrogens is 606 g/mol. The predicted molar refractivity (Wildman–Crippen MR) is 175 cm³/mol. The highest BCUT2D eigenvalue weighted by molar-refractivity contribution is 5.97. The minimum absolute atomic E-state index is 0.0265. The van der Waals surface area contributed by atoms with E-state index in [4.69, 9.17) is 28.4 Å². The number of methoxy groups -OCH3 is 1. The van der Waals surface area contributed by atoms with Gasteiger partial charge in [-0.15, -0.1) is 0 Å². The van der Waals surface area contributed by atoms with Crippen LogP contribution in [0.25, 0.3) is 0 Å². The van der Waals surface area contributed by atoms with Crippen LogP contribution in [-0.4, -0.2) is 63.6 Å². The van der Waals surface area contributed by atoms with E-state index in [0.717, 1.165) is 24.1 Å². The number of hydrogen-bond acceptors (Lipinski definition) is 11. The third-order valence-corrected chi connectivity index (χ3v) is 6.34. The van der Waals surface area contributed by atoms with Crippen molar-refractivity contribution in [1.82, 2.24) is 0 Å². The van der Waals surface area contributed by atoms with Crippen LogP contribution in [0.2, 0.25) is 0 Å². The molecule has 246 valence electrons. The van der Waals surface area contributed by atoms with Crippen LogP contribution in [0.1, 0.15) is 52.0 Å². The molecule has 0 saturated carbocycles. The first-order valence-electron chi connectivity index (χ1n) is 14.9. The molecule has 0 atom stereocenters. The fourth-order valence-electron chi connectivity index (χ4n) is 3.85. The van der Waals surface area contributed by atoms with Gasteiger partial charge in [0.1, 0.15) is 22.8 Å². The lowest BCUT2D eigenvalue weighted by Crippen LogP contribution is -2.12. The summed E-state index contributed by atoms with van der Waals surface area (Å²) < 4.78 is 31.6. The van der Waals surface area contributed by atoms with Crippen molar-refractivity contribution in [3.63, 3.8) is 0 Å². The fraction of sp³-hybridized carbons (Fsp3) is 0.250. The zero-order chi connectivity index (χ0) is 33.9. The molecule has 0 fully saturated rings. The molecule has 0 unspecified atom stereocenters. The number of carbonyl (C=O) groups excluding carboxylic acids is 4. The maximum atomic E-state index is 12.8. The summed E-state index contributed by atoms with van der Waals surface area (Å²) in [6.45, 7) is 8.18. The Bertz CT molecular complexity index is 1540. The molecule has 3 rings (SSSR count). The molecule has 0 spiro atoms. The summed E-state index contributed by atoms with van der Waals surface area (Å²) in [4.78, 5) is 51.9. The summed E-state index contributed by atoms with van der Waals surface area (Å²) in [6, 6.07) is 18.3. The topological polar surface area (TPSA) is 136 Å². The van der Waals surface area contributed by atoms with Crippen LogP contribution in [0.3, 0.4) is 0 Å². The van der Waals surface area contributed by atoms with Crippen LogP contribution in [0.15, 0.2) is 97.0 Å². The number of nitrogens with zero attached hydrogens (tertiary/aromatic N) is 1. The Hall–Kier alpha value is -5.71. The van der Waals surface area contributed by atoms with E-state index in [-0.39, 0.29) is 23.5 Å². The van der Waals surface area contributed by atoms with Gasteiger partial charge in [0.15, 0.2) is 0 Å². The first kappa shape index (κ1) is 35.8. The minimum Gasteiger partial charge on any atom is -0.494 e. The minimum atomic E-state index is -0.687. The third-order valence-electron chi connectivity index (χ3n) is 6.34. The van der Waals surface area contributed by atoms with E-state index in [1.54, 1.807) is 36.5 Å². The van der Waals surface area contributed by atoms with Crippen molar-refractivity contribution in [1.29, 1.82) is 0 Å². The van der Waals surface area contributed by atoms with E-state index in [1.165, 1.54) is 19.2 Å². The Labute approximate surface area is 273 Å². The van der Waals surface area contributed by atoms with Crippen molar-refractivity contribution in [3.05, 3.63) is 109 Å². The van der Waals surface area contributed by atoms with Crippen LogP contribution in [0.5, 0.6) is 17.2 Å². The summed E-state index contributed by atoms with van der Waals surface area (Å²) >= 11 is 0. The number of carbonyl (C=O) groups is 4. The van der Waals surface area contributed by atoms with Crippen LogP contribution in [-0.2, 0) is 23.8 Å². The average molecular weight is 644 g/mol. The SMILES string of the molecule is C=CC(=O)OCCCCOc1ccc(/C=N/c2ccc(OC(=O)c3ccc(OCCCCOC(=O)C=C)cc3)c(C(=O)OC)c2)cc1. The maximum absolute atomic E-state index is 12.8. The van der Waals surface area contributed by atoms with E-state index in [9.17, 15) is 19.2 Å². The molecule has 0 radical (unpaired) electrons. The highest BCUT2D eigenvalue weighted by atomic mass is 16.5. The molecule has 0 aliphatic rings. The molecule has 0 saturated heterocycles. The highest BCUT2D eigenvalue weighted by Gasteiger charge is 2.18. The quantitative estimate of drug-likeness (QED) is 0.0370. The fourth-order valence-corrected chi connectivity index (χ4v) is 3.85. The van der Waals surface area contributed by atoms with E-state index >= 15 is 0 Å². The molecular formula is C36H37NO10. The summed E-state index contributed by atoms with van der Waals surface area (Å²) in [5.41, 5.74) is 1.54. The smallest absolute Gasteiger partial charge is 0.343 e. The second kappa shape index (κ2) is 19.6. The van der Waals surface area contributed by atoms with Crippen molar-refractivity contribution in [2.24, 2.45) is 4.99 Å². The van der Waals surface area contributed by atoms with Crippen molar-refractivity contribution in [2.75, 3.05) is 33.5 Å².